The van der Waals surface area contributed by atoms with Crippen molar-refractivity contribution in [3.8, 4) is 22.7 Å². The Kier molecular flexibility index (Phi) is 6.39. The molecule has 1 unspecified atom stereocenters. The quantitative estimate of drug-likeness (QED) is 0.436. The standard InChI is InChI=1S/C24H25N5O3/c1-15(2)22(24-28-23(29-32-24)18-5-4-12-25-13-18)27-20(30)10-11-21-26-14-19(31-21)17-8-6-16(3)7-9-17/h4-9,12-15,22H,10-11H2,1-3H3,(H,27,30). The van der Waals surface area contributed by atoms with Crippen molar-refractivity contribution in [3.05, 3.63) is 72.3 Å². The molecule has 0 saturated carbocycles. The second-order valence-corrected chi connectivity index (χ2v) is 7.97. The first-order valence-electron chi connectivity index (χ1n) is 10.5. The van der Waals surface area contributed by atoms with Crippen molar-refractivity contribution >= 4 is 5.91 Å². The van der Waals surface area contributed by atoms with Crippen LogP contribution in [0.5, 0.6) is 0 Å². The Hall–Kier alpha value is -3.81. The molecule has 4 rings (SSSR count). The molecule has 1 N–H and O–H groups in total. The van der Waals surface area contributed by atoms with Crippen LogP contribution in [-0.2, 0) is 11.2 Å². The Balaban J connectivity index is 1.37. The third-order valence-electron chi connectivity index (χ3n) is 5.07. The van der Waals surface area contributed by atoms with Gasteiger partial charge in [-0.2, -0.15) is 4.98 Å². The lowest BCUT2D eigenvalue weighted by Crippen LogP contribution is -2.32. The zero-order valence-corrected chi connectivity index (χ0v) is 18.3. The highest BCUT2D eigenvalue weighted by Gasteiger charge is 2.25. The maximum atomic E-state index is 12.6. The third-order valence-corrected chi connectivity index (χ3v) is 5.07. The number of oxazole rings is 1. The molecule has 1 aromatic carbocycles. The lowest BCUT2D eigenvalue weighted by molar-refractivity contribution is -0.122. The largest absolute Gasteiger partial charge is 0.441 e. The van der Waals surface area contributed by atoms with Crippen LogP contribution in [0.25, 0.3) is 22.7 Å². The zero-order chi connectivity index (χ0) is 22.5. The van der Waals surface area contributed by atoms with E-state index in [-0.39, 0.29) is 18.2 Å². The molecule has 1 atom stereocenters. The lowest BCUT2D eigenvalue weighted by atomic mass is 10.0. The minimum atomic E-state index is -0.395. The number of aryl methyl sites for hydroxylation is 2. The summed E-state index contributed by atoms with van der Waals surface area (Å²) in [7, 11) is 0. The van der Waals surface area contributed by atoms with Crippen LogP contribution in [0.15, 0.2) is 63.9 Å². The number of rotatable bonds is 8. The van der Waals surface area contributed by atoms with Gasteiger partial charge in [0, 0.05) is 36.4 Å². The molecule has 0 radical (unpaired) electrons. The highest BCUT2D eigenvalue weighted by atomic mass is 16.5. The molecule has 32 heavy (non-hydrogen) atoms. The molecule has 4 aromatic rings. The van der Waals surface area contributed by atoms with Gasteiger partial charge in [-0.05, 0) is 25.0 Å². The number of carbonyl (C=O) groups excluding carboxylic acids is 1. The summed E-state index contributed by atoms with van der Waals surface area (Å²) in [6, 6.07) is 11.3. The van der Waals surface area contributed by atoms with Gasteiger partial charge in [0.15, 0.2) is 11.7 Å². The second-order valence-electron chi connectivity index (χ2n) is 7.97. The minimum Gasteiger partial charge on any atom is -0.441 e. The SMILES string of the molecule is Cc1ccc(-c2cnc(CCC(=O)NC(c3nc(-c4cccnc4)no3)C(C)C)o2)cc1. The van der Waals surface area contributed by atoms with Crippen LogP contribution in [-0.4, -0.2) is 26.0 Å². The predicted octanol–water partition coefficient (Wildman–Crippen LogP) is 4.54. The minimum absolute atomic E-state index is 0.0658. The van der Waals surface area contributed by atoms with Gasteiger partial charge in [-0.25, -0.2) is 4.98 Å². The number of benzene rings is 1. The van der Waals surface area contributed by atoms with E-state index in [1.807, 2.05) is 51.1 Å². The fraction of sp³-hybridized carbons (Fsp3) is 0.292. The van der Waals surface area contributed by atoms with Crippen LogP contribution < -0.4 is 5.32 Å². The molecule has 8 heteroatoms. The molecular formula is C24H25N5O3. The molecule has 0 saturated heterocycles. The predicted molar refractivity (Wildman–Crippen MR) is 118 cm³/mol. The summed E-state index contributed by atoms with van der Waals surface area (Å²) in [4.78, 5) is 25.4. The summed E-state index contributed by atoms with van der Waals surface area (Å²) in [6.45, 7) is 6.01. The first-order valence-corrected chi connectivity index (χ1v) is 10.5. The Morgan fingerprint density at radius 1 is 1.09 bits per heavy atom. The molecule has 0 spiro atoms. The van der Waals surface area contributed by atoms with Crippen LogP contribution in [0.1, 0.15) is 43.7 Å². The van der Waals surface area contributed by atoms with Crippen LogP contribution in [0.3, 0.4) is 0 Å². The Morgan fingerprint density at radius 2 is 1.91 bits per heavy atom. The second kappa shape index (κ2) is 9.55. The van der Waals surface area contributed by atoms with Gasteiger partial charge in [0.25, 0.3) is 0 Å². The lowest BCUT2D eigenvalue weighted by Gasteiger charge is -2.18. The number of nitrogens with one attached hydrogen (secondary N) is 1. The average molecular weight is 431 g/mol. The number of hydrogen-bond acceptors (Lipinski definition) is 7. The summed E-state index contributed by atoms with van der Waals surface area (Å²) in [5.41, 5.74) is 2.89. The third kappa shape index (κ3) is 5.08. The van der Waals surface area contributed by atoms with Gasteiger partial charge in [0.05, 0.1) is 6.20 Å². The first-order chi connectivity index (χ1) is 15.5. The number of nitrogens with zero attached hydrogens (tertiary/aromatic N) is 4. The van der Waals surface area contributed by atoms with Crippen LogP contribution >= 0.6 is 0 Å². The molecule has 0 aliphatic carbocycles. The first kappa shape index (κ1) is 21.4. The van der Waals surface area contributed by atoms with E-state index in [2.05, 4.69) is 25.4 Å². The Bertz CT molecular complexity index is 1170. The Labute approximate surface area is 186 Å². The molecule has 0 fully saturated rings. The highest BCUT2D eigenvalue weighted by molar-refractivity contribution is 5.76. The number of pyridine rings is 1. The van der Waals surface area contributed by atoms with Gasteiger partial charge >= 0.3 is 0 Å². The summed E-state index contributed by atoms with van der Waals surface area (Å²) in [5, 5.41) is 7.02. The molecule has 0 bridgehead atoms. The van der Waals surface area contributed by atoms with E-state index in [4.69, 9.17) is 8.94 Å². The maximum Gasteiger partial charge on any atom is 0.249 e. The van der Waals surface area contributed by atoms with Gasteiger partial charge in [-0.15, -0.1) is 0 Å². The maximum absolute atomic E-state index is 12.6. The molecule has 3 heterocycles. The van der Waals surface area contributed by atoms with E-state index >= 15 is 0 Å². The van der Waals surface area contributed by atoms with Gasteiger partial charge in [0.1, 0.15) is 6.04 Å². The summed E-state index contributed by atoms with van der Waals surface area (Å²) in [6.07, 6.45) is 5.67. The number of aromatic nitrogens is 4. The normalized spacial score (nSPS) is 12.1. The highest BCUT2D eigenvalue weighted by Crippen LogP contribution is 2.24. The van der Waals surface area contributed by atoms with Crippen molar-refractivity contribution in [2.75, 3.05) is 0 Å². The smallest absolute Gasteiger partial charge is 0.249 e. The van der Waals surface area contributed by atoms with Crippen LogP contribution in [0.4, 0.5) is 0 Å². The van der Waals surface area contributed by atoms with Crippen molar-refractivity contribution in [2.45, 2.75) is 39.7 Å². The fourth-order valence-electron chi connectivity index (χ4n) is 3.23. The number of carbonyl (C=O) groups is 1. The summed E-state index contributed by atoms with van der Waals surface area (Å²) >= 11 is 0. The molecule has 1 amide bonds. The van der Waals surface area contributed by atoms with Crippen molar-refractivity contribution < 1.29 is 13.7 Å². The molecule has 164 valence electrons. The van der Waals surface area contributed by atoms with Gasteiger partial charge < -0.3 is 14.3 Å². The van der Waals surface area contributed by atoms with E-state index in [9.17, 15) is 4.79 Å². The van der Waals surface area contributed by atoms with Crippen molar-refractivity contribution in [3.63, 3.8) is 0 Å². The van der Waals surface area contributed by atoms with Crippen molar-refractivity contribution in [1.29, 1.82) is 0 Å². The van der Waals surface area contributed by atoms with Gasteiger partial charge in [-0.3, -0.25) is 9.78 Å². The average Bonchev–Trinajstić information content (AvgIpc) is 3.47. The monoisotopic (exact) mass is 431 g/mol. The van der Waals surface area contributed by atoms with E-state index < -0.39 is 6.04 Å². The summed E-state index contributed by atoms with van der Waals surface area (Å²) in [5.74, 6) is 1.94. The van der Waals surface area contributed by atoms with Gasteiger partial charge in [-0.1, -0.05) is 48.8 Å². The molecule has 0 aliphatic heterocycles. The Morgan fingerprint density at radius 3 is 2.62 bits per heavy atom. The van der Waals surface area contributed by atoms with E-state index in [0.29, 0.717) is 29.8 Å². The van der Waals surface area contributed by atoms with E-state index in [0.717, 1.165) is 11.1 Å². The number of amides is 1. The molecular weight excluding hydrogens is 406 g/mol. The molecule has 8 nitrogen and oxygen atoms in total. The van der Waals surface area contributed by atoms with Crippen molar-refractivity contribution in [1.82, 2.24) is 25.4 Å². The van der Waals surface area contributed by atoms with Crippen molar-refractivity contribution in [2.24, 2.45) is 5.92 Å². The van der Waals surface area contributed by atoms with Crippen LogP contribution in [0.2, 0.25) is 0 Å². The summed E-state index contributed by atoms with van der Waals surface area (Å²) < 4.78 is 11.2. The topological polar surface area (TPSA) is 107 Å². The fourth-order valence-corrected chi connectivity index (χ4v) is 3.23. The zero-order valence-electron chi connectivity index (χ0n) is 18.3. The van der Waals surface area contributed by atoms with Gasteiger partial charge in [0.2, 0.25) is 17.6 Å². The van der Waals surface area contributed by atoms with E-state index in [1.54, 1.807) is 24.7 Å². The molecule has 0 aliphatic rings. The van der Waals surface area contributed by atoms with Crippen LogP contribution in [0, 0.1) is 12.8 Å². The van der Waals surface area contributed by atoms with E-state index in [1.165, 1.54) is 5.56 Å². The number of hydrogen-bond donors (Lipinski definition) is 1. The molecule has 3 aromatic heterocycles.